The minimum atomic E-state index is -0.321. The summed E-state index contributed by atoms with van der Waals surface area (Å²) >= 11 is 6.81. The standard InChI is InChI=1S/C13H15N3OS2/c1-13(2)11(18)15-12(16-13)19-7-9-5-3-4-6-10(9)14-8-17/h3-6,8H,7H2,1-2H3,(H,14,17)(H,15,16,18). The smallest absolute Gasteiger partial charge is 0.211 e. The predicted octanol–water partition coefficient (Wildman–Crippen LogP) is 2.55. The molecule has 2 rings (SSSR count). The van der Waals surface area contributed by atoms with Crippen molar-refractivity contribution in [1.82, 2.24) is 5.32 Å². The van der Waals surface area contributed by atoms with Crippen LogP contribution >= 0.6 is 24.0 Å². The molecule has 0 saturated carbocycles. The number of carbonyl (C=O) groups excluding carboxylic acids is 1. The molecule has 0 radical (unpaired) electrons. The van der Waals surface area contributed by atoms with Crippen LogP contribution in [0.25, 0.3) is 0 Å². The molecule has 1 amide bonds. The molecular formula is C13H15N3OS2. The highest BCUT2D eigenvalue weighted by molar-refractivity contribution is 8.13. The molecule has 1 heterocycles. The zero-order chi connectivity index (χ0) is 13.9. The lowest BCUT2D eigenvalue weighted by Gasteiger charge is -2.10. The van der Waals surface area contributed by atoms with E-state index < -0.39 is 0 Å². The Labute approximate surface area is 122 Å². The summed E-state index contributed by atoms with van der Waals surface area (Å²) in [6.07, 6.45) is 0.688. The van der Waals surface area contributed by atoms with E-state index in [4.69, 9.17) is 12.2 Å². The minimum absolute atomic E-state index is 0.321. The Morgan fingerprint density at radius 1 is 1.47 bits per heavy atom. The van der Waals surface area contributed by atoms with Crippen molar-refractivity contribution < 1.29 is 4.79 Å². The fraction of sp³-hybridized carbons (Fsp3) is 0.308. The number of rotatable bonds is 4. The SMILES string of the molecule is CC1(C)N=C(SCc2ccccc2NC=O)NC1=S. The molecule has 2 N–H and O–H groups in total. The predicted molar refractivity (Wildman–Crippen MR) is 84.7 cm³/mol. The number of nitrogens with zero attached hydrogens (tertiary/aromatic N) is 1. The van der Waals surface area contributed by atoms with Crippen LogP contribution in [0.5, 0.6) is 0 Å². The minimum Gasteiger partial charge on any atom is -0.328 e. The number of thiocarbonyl (C=S) groups is 1. The molecule has 1 aliphatic heterocycles. The molecule has 1 aliphatic rings. The largest absolute Gasteiger partial charge is 0.328 e. The number of hydrogen-bond acceptors (Lipinski definition) is 4. The van der Waals surface area contributed by atoms with E-state index in [1.165, 1.54) is 0 Å². The maximum atomic E-state index is 10.5. The topological polar surface area (TPSA) is 53.5 Å². The van der Waals surface area contributed by atoms with Gasteiger partial charge in [0.1, 0.15) is 10.5 Å². The number of aliphatic imine (C=N–C) groups is 1. The Morgan fingerprint density at radius 2 is 2.21 bits per heavy atom. The zero-order valence-corrected chi connectivity index (χ0v) is 12.4. The molecule has 100 valence electrons. The van der Waals surface area contributed by atoms with E-state index in [1.807, 2.05) is 38.1 Å². The number of benzene rings is 1. The van der Waals surface area contributed by atoms with Crippen LogP contribution < -0.4 is 10.6 Å². The molecular weight excluding hydrogens is 278 g/mol. The number of amides is 1. The van der Waals surface area contributed by atoms with Crippen molar-refractivity contribution in [3.8, 4) is 0 Å². The van der Waals surface area contributed by atoms with E-state index in [-0.39, 0.29) is 5.54 Å². The second-order valence-electron chi connectivity index (χ2n) is 4.64. The first-order chi connectivity index (χ1) is 9.03. The maximum absolute atomic E-state index is 10.5. The van der Waals surface area contributed by atoms with Crippen LogP contribution in [0.15, 0.2) is 29.3 Å². The van der Waals surface area contributed by atoms with E-state index in [9.17, 15) is 4.79 Å². The number of thioether (sulfide) groups is 1. The first-order valence-electron chi connectivity index (χ1n) is 5.85. The van der Waals surface area contributed by atoms with Crippen molar-refractivity contribution in [2.24, 2.45) is 4.99 Å². The molecule has 0 unspecified atom stereocenters. The van der Waals surface area contributed by atoms with Gasteiger partial charge in [0.05, 0.1) is 0 Å². The van der Waals surface area contributed by atoms with Crippen LogP contribution in [0.2, 0.25) is 0 Å². The van der Waals surface area contributed by atoms with Gasteiger partial charge in [0, 0.05) is 11.4 Å². The Balaban J connectivity index is 2.04. The normalized spacial score (nSPS) is 16.7. The molecule has 19 heavy (non-hydrogen) atoms. The molecule has 0 atom stereocenters. The van der Waals surface area contributed by atoms with Gasteiger partial charge < -0.3 is 10.6 Å². The van der Waals surface area contributed by atoms with Crippen molar-refractivity contribution in [1.29, 1.82) is 0 Å². The number of anilines is 1. The molecule has 0 spiro atoms. The van der Waals surface area contributed by atoms with E-state index in [0.717, 1.165) is 27.2 Å². The number of amidine groups is 1. The molecule has 0 bridgehead atoms. The average Bonchev–Trinajstić information content (AvgIpc) is 2.62. The van der Waals surface area contributed by atoms with Crippen molar-refractivity contribution >= 4 is 46.2 Å². The van der Waals surface area contributed by atoms with Crippen LogP contribution in [0.3, 0.4) is 0 Å². The third-order valence-electron chi connectivity index (χ3n) is 2.75. The van der Waals surface area contributed by atoms with E-state index in [1.54, 1.807) is 11.8 Å². The monoisotopic (exact) mass is 293 g/mol. The number of para-hydroxylation sites is 1. The van der Waals surface area contributed by atoms with Crippen LogP contribution in [0.4, 0.5) is 5.69 Å². The fourth-order valence-corrected chi connectivity index (χ4v) is 2.87. The van der Waals surface area contributed by atoms with E-state index in [2.05, 4.69) is 15.6 Å². The first-order valence-corrected chi connectivity index (χ1v) is 7.24. The molecule has 6 heteroatoms. The van der Waals surface area contributed by atoms with Crippen LogP contribution in [0.1, 0.15) is 19.4 Å². The Kier molecular flexibility index (Phi) is 4.21. The van der Waals surface area contributed by atoms with Crippen molar-refractivity contribution in [3.05, 3.63) is 29.8 Å². The summed E-state index contributed by atoms with van der Waals surface area (Å²) in [7, 11) is 0. The summed E-state index contributed by atoms with van der Waals surface area (Å²) in [5.74, 6) is 0.724. The summed E-state index contributed by atoms with van der Waals surface area (Å²) in [6, 6.07) is 7.70. The van der Waals surface area contributed by atoms with Gasteiger partial charge in [-0.2, -0.15) is 0 Å². The van der Waals surface area contributed by atoms with Gasteiger partial charge in [0.2, 0.25) is 6.41 Å². The van der Waals surface area contributed by atoms with Crippen LogP contribution in [0, 0.1) is 0 Å². The Hall–Kier alpha value is -1.40. The third-order valence-corrected chi connectivity index (χ3v) is 4.28. The summed E-state index contributed by atoms with van der Waals surface area (Å²) in [6.45, 7) is 3.97. The van der Waals surface area contributed by atoms with Gasteiger partial charge >= 0.3 is 0 Å². The molecule has 1 aromatic carbocycles. The van der Waals surface area contributed by atoms with Gasteiger partial charge in [-0.1, -0.05) is 42.2 Å². The van der Waals surface area contributed by atoms with Gasteiger partial charge in [0.25, 0.3) is 0 Å². The van der Waals surface area contributed by atoms with Crippen molar-refractivity contribution in [2.45, 2.75) is 25.1 Å². The third kappa shape index (κ3) is 3.33. The lowest BCUT2D eigenvalue weighted by molar-refractivity contribution is -0.105. The van der Waals surface area contributed by atoms with Crippen LogP contribution in [-0.4, -0.2) is 22.1 Å². The second-order valence-corrected chi connectivity index (χ2v) is 6.01. The second kappa shape index (κ2) is 5.71. The van der Waals surface area contributed by atoms with Crippen molar-refractivity contribution in [2.75, 3.05) is 5.32 Å². The molecule has 1 aromatic rings. The molecule has 0 aromatic heterocycles. The first kappa shape index (κ1) is 14.0. The Bertz CT molecular complexity index is 540. The Morgan fingerprint density at radius 3 is 2.84 bits per heavy atom. The lowest BCUT2D eigenvalue weighted by Crippen LogP contribution is -2.32. The van der Waals surface area contributed by atoms with Gasteiger partial charge in [-0.25, -0.2) is 4.99 Å². The number of nitrogens with one attached hydrogen (secondary N) is 2. The zero-order valence-electron chi connectivity index (χ0n) is 10.8. The number of carbonyl (C=O) groups is 1. The van der Waals surface area contributed by atoms with Gasteiger partial charge in [-0.3, -0.25) is 4.79 Å². The summed E-state index contributed by atoms with van der Waals surface area (Å²) < 4.78 is 0. The molecule has 0 aliphatic carbocycles. The van der Waals surface area contributed by atoms with Gasteiger partial charge in [0.15, 0.2) is 5.17 Å². The number of hydrogen-bond donors (Lipinski definition) is 2. The maximum Gasteiger partial charge on any atom is 0.211 e. The quantitative estimate of drug-likeness (QED) is 0.662. The highest BCUT2D eigenvalue weighted by Crippen LogP contribution is 2.25. The fourth-order valence-electron chi connectivity index (χ4n) is 1.65. The van der Waals surface area contributed by atoms with Gasteiger partial charge in [-0.15, -0.1) is 0 Å². The highest BCUT2D eigenvalue weighted by Gasteiger charge is 2.30. The molecule has 4 nitrogen and oxygen atoms in total. The van der Waals surface area contributed by atoms with Crippen LogP contribution in [-0.2, 0) is 10.5 Å². The van der Waals surface area contributed by atoms with E-state index >= 15 is 0 Å². The van der Waals surface area contributed by atoms with Crippen molar-refractivity contribution in [3.63, 3.8) is 0 Å². The average molecular weight is 293 g/mol. The van der Waals surface area contributed by atoms with Gasteiger partial charge in [-0.05, 0) is 25.5 Å². The summed E-state index contributed by atoms with van der Waals surface area (Å²) in [4.78, 5) is 15.8. The summed E-state index contributed by atoms with van der Waals surface area (Å²) in [5, 5.41) is 6.65. The van der Waals surface area contributed by atoms with E-state index in [0.29, 0.717) is 6.41 Å². The highest BCUT2D eigenvalue weighted by atomic mass is 32.2. The molecule has 0 saturated heterocycles. The molecule has 0 fully saturated rings. The lowest BCUT2D eigenvalue weighted by atomic mass is 10.1. The summed E-state index contributed by atoms with van der Waals surface area (Å²) in [5.41, 5.74) is 1.56.